The third-order valence-electron chi connectivity index (χ3n) is 5.97. The number of aromatic amines is 1. The predicted molar refractivity (Wildman–Crippen MR) is 124 cm³/mol. The van der Waals surface area contributed by atoms with Crippen molar-refractivity contribution in [3.05, 3.63) is 83.7 Å². The van der Waals surface area contributed by atoms with Gasteiger partial charge in [-0.15, -0.1) is 12.4 Å². The van der Waals surface area contributed by atoms with Crippen LogP contribution in [-0.2, 0) is 19.4 Å². The molecule has 0 bridgehead atoms. The molecule has 1 aromatic heterocycles. The zero-order valence-corrected chi connectivity index (χ0v) is 17.8. The fourth-order valence-electron chi connectivity index (χ4n) is 4.31. The van der Waals surface area contributed by atoms with Gasteiger partial charge in [0, 0.05) is 12.6 Å². The molecule has 4 aromatic rings. The van der Waals surface area contributed by atoms with E-state index in [4.69, 9.17) is 4.74 Å². The molecule has 5 heteroatoms. The molecule has 0 amide bonds. The van der Waals surface area contributed by atoms with Crippen molar-refractivity contribution in [2.75, 3.05) is 7.11 Å². The van der Waals surface area contributed by atoms with Crippen LogP contribution >= 0.6 is 12.4 Å². The van der Waals surface area contributed by atoms with E-state index in [2.05, 4.69) is 75.9 Å². The number of aromatic nitrogens is 2. The van der Waals surface area contributed by atoms with E-state index in [1.807, 2.05) is 0 Å². The molecule has 1 aliphatic carbocycles. The first-order valence-electron chi connectivity index (χ1n) is 10.2. The number of fused-ring (bicyclic) bond motifs is 2. The lowest BCUT2D eigenvalue weighted by Crippen LogP contribution is -2.34. The minimum Gasteiger partial charge on any atom is -0.496 e. The van der Waals surface area contributed by atoms with Crippen molar-refractivity contribution in [1.29, 1.82) is 0 Å². The summed E-state index contributed by atoms with van der Waals surface area (Å²) in [4.78, 5) is 7.47. The largest absolute Gasteiger partial charge is 0.496 e. The molecular formula is C25H26ClN3O. The molecule has 4 nitrogen and oxygen atoms in total. The summed E-state index contributed by atoms with van der Waals surface area (Å²) >= 11 is 0. The summed E-state index contributed by atoms with van der Waals surface area (Å²) in [5.41, 5.74) is 8.60. The first-order valence-corrected chi connectivity index (χ1v) is 10.2. The number of benzene rings is 3. The molecule has 0 spiro atoms. The number of methoxy groups -OCH3 is 1. The molecule has 2 N–H and O–H groups in total. The number of H-pyrrole nitrogens is 1. The third-order valence-corrected chi connectivity index (χ3v) is 5.97. The molecule has 154 valence electrons. The van der Waals surface area contributed by atoms with Crippen molar-refractivity contribution in [1.82, 2.24) is 15.3 Å². The highest BCUT2D eigenvalue weighted by molar-refractivity contribution is 5.85. The Morgan fingerprint density at radius 2 is 1.90 bits per heavy atom. The minimum absolute atomic E-state index is 0. The van der Waals surface area contributed by atoms with Gasteiger partial charge < -0.3 is 15.0 Å². The Hall–Kier alpha value is -2.82. The number of halogens is 1. The molecule has 1 atom stereocenters. The molecule has 0 fully saturated rings. The quantitative estimate of drug-likeness (QED) is 0.461. The van der Waals surface area contributed by atoms with Crippen LogP contribution in [0.3, 0.4) is 0 Å². The van der Waals surface area contributed by atoms with Crippen LogP contribution in [0.1, 0.15) is 23.1 Å². The van der Waals surface area contributed by atoms with Crippen LogP contribution in [0.5, 0.6) is 5.75 Å². The minimum atomic E-state index is 0. The fourth-order valence-corrected chi connectivity index (χ4v) is 4.31. The van der Waals surface area contributed by atoms with E-state index in [0.717, 1.165) is 36.2 Å². The first-order chi connectivity index (χ1) is 14.3. The molecular weight excluding hydrogens is 394 g/mol. The van der Waals surface area contributed by atoms with Gasteiger partial charge in [-0.2, -0.15) is 0 Å². The molecule has 5 rings (SSSR count). The fraction of sp³-hybridized carbons (Fsp3) is 0.240. The number of hydrogen-bond donors (Lipinski definition) is 2. The number of nitrogens with zero attached hydrogens (tertiary/aromatic N) is 1. The van der Waals surface area contributed by atoms with E-state index in [9.17, 15) is 0 Å². The highest BCUT2D eigenvalue weighted by Gasteiger charge is 2.21. The van der Waals surface area contributed by atoms with Crippen LogP contribution in [-0.4, -0.2) is 23.1 Å². The van der Waals surface area contributed by atoms with E-state index in [-0.39, 0.29) is 12.4 Å². The maximum atomic E-state index is 5.57. The zero-order valence-electron chi connectivity index (χ0n) is 17.0. The summed E-state index contributed by atoms with van der Waals surface area (Å²) in [7, 11) is 1.76. The van der Waals surface area contributed by atoms with E-state index >= 15 is 0 Å². The average molecular weight is 420 g/mol. The van der Waals surface area contributed by atoms with Gasteiger partial charge in [0.2, 0.25) is 0 Å². The van der Waals surface area contributed by atoms with Crippen LogP contribution in [0.15, 0.2) is 67.0 Å². The topological polar surface area (TPSA) is 49.9 Å². The van der Waals surface area contributed by atoms with Gasteiger partial charge in [-0.25, -0.2) is 4.98 Å². The molecule has 3 aromatic carbocycles. The second-order valence-corrected chi connectivity index (χ2v) is 7.75. The summed E-state index contributed by atoms with van der Waals surface area (Å²) in [5, 5.41) is 3.74. The lowest BCUT2D eigenvalue weighted by molar-refractivity contribution is 0.393. The van der Waals surface area contributed by atoms with E-state index < -0.39 is 0 Å². The summed E-state index contributed by atoms with van der Waals surface area (Å²) in [5.74, 6) is 1.02. The van der Waals surface area contributed by atoms with Crippen LogP contribution in [0, 0.1) is 0 Å². The Labute approximate surface area is 183 Å². The summed E-state index contributed by atoms with van der Waals surface area (Å²) in [6.07, 6.45) is 5.05. The van der Waals surface area contributed by atoms with Gasteiger partial charge in [-0.05, 0) is 65.3 Å². The van der Waals surface area contributed by atoms with Crippen molar-refractivity contribution in [3.63, 3.8) is 0 Å². The summed E-state index contributed by atoms with van der Waals surface area (Å²) < 4.78 is 5.57. The number of aryl methyl sites for hydroxylation is 1. The lowest BCUT2D eigenvalue weighted by atomic mass is 9.87. The SMILES string of the molecule is COc1cccc2c1CC(NCc1ccc(-c3ccc4nc[nH]c4c3)cc1)CC2.Cl. The summed E-state index contributed by atoms with van der Waals surface area (Å²) in [6, 6.07) is 22.1. The molecule has 1 aliphatic rings. The van der Waals surface area contributed by atoms with Crippen molar-refractivity contribution < 1.29 is 4.74 Å². The van der Waals surface area contributed by atoms with Crippen molar-refractivity contribution >= 4 is 23.4 Å². The Balaban J connectivity index is 0.00000218. The maximum absolute atomic E-state index is 5.57. The Morgan fingerprint density at radius 1 is 1.07 bits per heavy atom. The van der Waals surface area contributed by atoms with Crippen LogP contribution in [0.25, 0.3) is 22.2 Å². The number of rotatable bonds is 5. The second-order valence-electron chi connectivity index (χ2n) is 7.75. The Bertz CT molecular complexity index is 1120. The molecule has 30 heavy (non-hydrogen) atoms. The van der Waals surface area contributed by atoms with E-state index in [0.29, 0.717) is 6.04 Å². The third kappa shape index (κ3) is 4.07. The van der Waals surface area contributed by atoms with Crippen LogP contribution in [0.4, 0.5) is 0 Å². The molecule has 0 saturated heterocycles. The molecule has 0 aliphatic heterocycles. The highest BCUT2D eigenvalue weighted by Crippen LogP contribution is 2.30. The first kappa shape index (κ1) is 20.5. The van der Waals surface area contributed by atoms with Crippen LogP contribution < -0.4 is 10.1 Å². The summed E-state index contributed by atoms with van der Waals surface area (Å²) in [6.45, 7) is 0.884. The average Bonchev–Trinajstić information content (AvgIpc) is 3.25. The molecule has 0 saturated carbocycles. The van der Waals surface area contributed by atoms with E-state index in [1.165, 1.54) is 34.2 Å². The normalized spacial score (nSPS) is 15.4. The van der Waals surface area contributed by atoms with Gasteiger partial charge in [0.25, 0.3) is 0 Å². The standard InChI is InChI=1S/C25H25N3O.ClH/c1-29-25-4-2-3-19-9-11-21(14-22(19)25)26-15-17-5-7-18(8-6-17)20-10-12-23-24(13-20)28-16-27-23;/h2-8,10,12-13,16,21,26H,9,11,14-15H2,1H3,(H,27,28);1H. The molecule has 1 unspecified atom stereocenters. The zero-order chi connectivity index (χ0) is 19.6. The van der Waals surface area contributed by atoms with Gasteiger partial charge in [0.15, 0.2) is 0 Å². The number of hydrogen-bond acceptors (Lipinski definition) is 3. The monoisotopic (exact) mass is 419 g/mol. The second kappa shape index (κ2) is 8.90. The van der Waals surface area contributed by atoms with Gasteiger partial charge in [0.1, 0.15) is 5.75 Å². The van der Waals surface area contributed by atoms with E-state index in [1.54, 1.807) is 13.4 Å². The number of ether oxygens (including phenoxy) is 1. The van der Waals surface area contributed by atoms with Crippen molar-refractivity contribution in [2.45, 2.75) is 31.8 Å². The number of nitrogens with one attached hydrogen (secondary N) is 2. The molecule has 1 heterocycles. The maximum Gasteiger partial charge on any atom is 0.122 e. The number of imidazole rings is 1. The Kier molecular flexibility index (Phi) is 6.07. The lowest BCUT2D eigenvalue weighted by Gasteiger charge is -2.27. The van der Waals surface area contributed by atoms with Crippen LogP contribution in [0.2, 0.25) is 0 Å². The van der Waals surface area contributed by atoms with Gasteiger partial charge in [-0.3, -0.25) is 0 Å². The Morgan fingerprint density at radius 3 is 2.73 bits per heavy atom. The smallest absolute Gasteiger partial charge is 0.122 e. The predicted octanol–water partition coefficient (Wildman–Crippen LogP) is 5.31. The van der Waals surface area contributed by atoms with Crippen molar-refractivity contribution in [2.24, 2.45) is 0 Å². The molecule has 0 radical (unpaired) electrons. The van der Waals surface area contributed by atoms with Gasteiger partial charge >= 0.3 is 0 Å². The van der Waals surface area contributed by atoms with Crippen molar-refractivity contribution in [3.8, 4) is 16.9 Å². The highest BCUT2D eigenvalue weighted by atomic mass is 35.5. The van der Waals surface area contributed by atoms with Gasteiger partial charge in [0.05, 0.1) is 24.5 Å². The van der Waals surface area contributed by atoms with Gasteiger partial charge in [-0.1, -0.05) is 42.5 Å².